The number of rotatable bonds is 6. The van der Waals surface area contributed by atoms with Crippen LogP contribution in [0.4, 0.5) is 0 Å². The van der Waals surface area contributed by atoms with Gasteiger partial charge in [0.05, 0.1) is 12.1 Å². The molecule has 4 amide bonds. The fraction of sp³-hybridized carbons (Fsp3) is 0.630. The SMILES string of the molecule is CN[C@@H](C)C(=O)N[C@H]1C[C@@H](NC(C)=O)CC[C@H]2CC[C@@H](C(=O)N[C@H]3CCCc4ccccc43)N2C1=O. The van der Waals surface area contributed by atoms with Crippen molar-refractivity contribution in [3.8, 4) is 0 Å². The minimum absolute atomic E-state index is 0.0533. The molecule has 9 nitrogen and oxygen atoms in total. The van der Waals surface area contributed by atoms with Gasteiger partial charge in [0.1, 0.15) is 12.1 Å². The molecule has 0 spiro atoms. The first-order valence-corrected chi connectivity index (χ1v) is 13.2. The van der Waals surface area contributed by atoms with Crippen LogP contribution >= 0.6 is 0 Å². The van der Waals surface area contributed by atoms with E-state index < -0.39 is 18.1 Å². The Bertz CT molecular complexity index is 998. The number of hydrogen-bond acceptors (Lipinski definition) is 5. The van der Waals surface area contributed by atoms with Crippen LogP contribution in [-0.4, -0.2) is 65.8 Å². The van der Waals surface area contributed by atoms with Crippen molar-refractivity contribution in [1.82, 2.24) is 26.2 Å². The van der Waals surface area contributed by atoms with Gasteiger partial charge in [0.15, 0.2) is 0 Å². The summed E-state index contributed by atoms with van der Waals surface area (Å²) in [5.74, 6) is -0.808. The molecular formula is C27H39N5O4. The number of fused-ring (bicyclic) bond motifs is 2. The second-order valence-corrected chi connectivity index (χ2v) is 10.4. The topological polar surface area (TPSA) is 120 Å². The molecule has 9 heteroatoms. The summed E-state index contributed by atoms with van der Waals surface area (Å²) in [6.07, 6.45) is 5.92. The molecule has 2 heterocycles. The standard InChI is InChI=1S/C27H39N5O4/c1-16(28-3)25(34)31-23-15-19(29-17(2)33)11-12-20-13-14-24(32(20)27(23)36)26(35)30-22-10-6-8-18-7-4-5-9-21(18)22/h4-5,7,9,16,19-20,22-24,28H,6,8,10-15H2,1-3H3,(H,29,33)(H,30,35)(H,31,34)/t16-,19-,20-,22-,23-,24-/m0/s1. The van der Waals surface area contributed by atoms with Crippen molar-refractivity contribution in [3.05, 3.63) is 35.4 Å². The summed E-state index contributed by atoms with van der Waals surface area (Å²) in [5.41, 5.74) is 2.43. The second-order valence-electron chi connectivity index (χ2n) is 10.4. The summed E-state index contributed by atoms with van der Waals surface area (Å²) >= 11 is 0. The predicted octanol–water partition coefficient (Wildman–Crippen LogP) is 1.32. The third-order valence-electron chi connectivity index (χ3n) is 7.96. The van der Waals surface area contributed by atoms with Gasteiger partial charge in [0.2, 0.25) is 23.6 Å². The van der Waals surface area contributed by atoms with Gasteiger partial charge in [-0.3, -0.25) is 19.2 Å². The van der Waals surface area contributed by atoms with Gasteiger partial charge in [-0.2, -0.15) is 0 Å². The monoisotopic (exact) mass is 497 g/mol. The summed E-state index contributed by atoms with van der Waals surface area (Å²) < 4.78 is 0. The van der Waals surface area contributed by atoms with Crippen molar-refractivity contribution in [2.24, 2.45) is 0 Å². The summed E-state index contributed by atoms with van der Waals surface area (Å²) in [6.45, 7) is 3.19. The lowest BCUT2D eigenvalue weighted by atomic mass is 9.87. The molecule has 2 saturated heterocycles. The van der Waals surface area contributed by atoms with Gasteiger partial charge >= 0.3 is 0 Å². The van der Waals surface area contributed by atoms with Gasteiger partial charge in [-0.15, -0.1) is 0 Å². The van der Waals surface area contributed by atoms with Gasteiger partial charge in [0.25, 0.3) is 0 Å². The van der Waals surface area contributed by atoms with Crippen LogP contribution < -0.4 is 21.3 Å². The Morgan fingerprint density at radius 2 is 1.72 bits per heavy atom. The average molecular weight is 498 g/mol. The molecule has 0 aromatic heterocycles. The lowest BCUT2D eigenvalue weighted by molar-refractivity contribution is -0.145. The molecule has 2 aliphatic heterocycles. The minimum atomic E-state index is -0.809. The van der Waals surface area contributed by atoms with E-state index in [-0.39, 0.29) is 41.8 Å². The molecule has 0 bridgehead atoms. The maximum Gasteiger partial charge on any atom is 0.246 e. The van der Waals surface area contributed by atoms with Crippen LogP contribution in [0.3, 0.4) is 0 Å². The van der Waals surface area contributed by atoms with Crippen molar-refractivity contribution in [3.63, 3.8) is 0 Å². The van der Waals surface area contributed by atoms with E-state index >= 15 is 0 Å². The zero-order valence-electron chi connectivity index (χ0n) is 21.5. The van der Waals surface area contributed by atoms with Crippen LogP contribution in [0.25, 0.3) is 0 Å². The number of amides is 4. The highest BCUT2D eigenvalue weighted by molar-refractivity contribution is 5.94. The molecule has 1 aliphatic carbocycles. The highest BCUT2D eigenvalue weighted by Crippen LogP contribution is 2.34. The quantitative estimate of drug-likeness (QED) is 0.473. The first-order chi connectivity index (χ1) is 17.3. The molecule has 36 heavy (non-hydrogen) atoms. The minimum Gasteiger partial charge on any atom is -0.354 e. The van der Waals surface area contributed by atoms with E-state index in [9.17, 15) is 19.2 Å². The van der Waals surface area contributed by atoms with Crippen LogP contribution in [0.1, 0.15) is 76.0 Å². The molecule has 196 valence electrons. The highest BCUT2D eigenvalue weighted by atomic mass is 16.2. The fourth-order valence-corrected chi connectivity index (χ4v) is 5.97. The van der Waals surface area contributed by atoms with Gasteiger partial charge in [0, 0.05) is 19.0 Å². The van der Waals surface area contributed by atoms with E-state index in [2.05, 4.69) is 33.4 Å². The van der Waals surface area contributed by atoms with Crippen molar-refractivity contribution in [2.75, 3.05) is 7.05 Å². The third-order valence-corrected chi connectivity index (χ3v) is 7.96. The van der Waals surface area contributed by atoms with Crippen molar-refractivity contribution in [2.45, 2.75) is 101 Å². The molecule has 0 radical (unpaired) electrons. The Morgan fingerprint density at radius 3 is 2.47 bits per heavy atom. The maximum atomic E-state index is 13.9. The largest absolute Gasteiger partial charge is 0.354 e. The van der Waals surface area contributed by atoms with Crippen LogP contribution in [-0.2, 0) is 25.6 Å². The van der Waals surface area contributed by atoms with Crippen molar-refractivity contribution >= 4 is 23.6 Å². The number of aryl methyl sites for hydroxylation is 1. The van der Waals surface area contributed by atoms with E-state index in [1.807, 2.05) is 12.1 Å². The van der Waals surface area contributed by atoms with Crippen molar-refractivity contribution < 1.29 is 19.2 Å². The fourth-order valence-electron chi connectivity index (χ4n) is 5.97. The highest BCUT2D eigenvalue weighted by Gasteiger charge is 2.45. The Labute approximate surface area is 213 Å². The number of carbonyl (C=O) groups excluding carboxylic acids is 4. The molecule has 4 rings (SSSR count). The van der Waals surface area contributed by atoms with E-state index in [1.54, 1.807) is 18.9 Å². The first-order valence-electron chi connectivity index (χ1n) is 13.2. The summed E-state index contributed by atoms with van der Waals surface area (Å²) in [5, 5.41) is 12.0. The number of hydrogen-bond donors (Lipinski definition) is 4. The van der Waals surface area contributed by atoms with Crippen molar-refractivity contribution in [1.29, 1.82) is 0 Å². The predicted molar refractivity (Wildman–Crippen MR) is 136 cm³/mol. The van der Waals surface area contributed by atoms with Gasteiger partial charge in [-0.25, -0.2) is 0 Å². The van der Waals surface area contributed by atoms with Crippen LogP contribution in [0.15, 0.2) is 24.3 Å². The summed E-state index contributed by atoms with van der Waals surface area (Å²) in [4.78, 5) is 53.6. The Hall–Kier alpha value is -2.94. The molecule has 4 N–H and O–H groups in total. The maximum absolute atomic E-state index is 13.9. The lowest BCUT2D eigenvalue weighted by Crippen LogP contribution is -2.60. The third kappa shape index (κ3) is 5.72. The zero-order valence-corrected chi connectivity index (χ0v) is 21.5. The summed E-state index contributed by atoms with van der Waals surface area (Å²) in [6, 6.07) is 6.03. The van der Waals surface area contributed by atoms with E-state index in [1.165, 1.54) is 12.5 Å². The van der Waals surface area contributed by atoms with Gasteiger partial charge in [-0.1, -0.05) is 24.3 Å². The van der Waals surface area contributed by atoms with Crippen LogP contribution in [0.2, 0.25) is 0 Å². The van der Waals surface area contributed by atoms with E-state index in [0.29, 0.717) is 25.7 Å². The van der Waals surface area contributed by atoms with Crippen LogP contribution in [0, 0.1) is 0 Å². The number of carbonyl (C=O) groups is 4. The Balaban J connectivity index is 1.53. The van der Waals surface area contributed by atoms with Gasteiger partial charge in [-0.05, 0) is 76.5 Å². The van der Waals surface area contributed by atoms with E-state index in [4.69, 9.17) is 0 Å². The molecule has 1 aromatic carbocycles. The average Bonchev–Trinajstić information content (AvgIpc) is 3.28. The Kier molecular flexibility index (Phi) is 8.28. The Morgan fingerprint density at radius 1 is 0.972 bits per heavy atom. The molecular weight excluding hydrogens is 458 g/mol. The molecule has 2 fully saturated rings. The first kappa shape index (κ1) is 26.1. The smallest absolute Gasteiger partial charge is 0.246 e. The second kappa shape index (κ2) is 11.4. The number of nitrogens with one attached hydrogen (secondary N) is 4. The number of benzene rings is 1. The molecule has 1 aromatic rings. The normalized spacial score (nSPS) is 28.7. The zero-order chi connectivity index (χ0) is 25.8. The number of likely N-dealkylation sites (N-methyl/N-ethyl adjacent to an activating group) is 1. The molecule has 6 atom stereocenters. The molecule has 3 aliphatic rings. The molecule has 0 saturated carbocycles. The number of nitrogens with zero attached hydrogens (tertiary/aromatic N) is 1. The molecule has 0 unspecified atom stereocenters. The lowest BCUT2D eigenvalue weighted by Gasteiger charge is -2.38. The van der Waals surface area contributed by atoms with Gasteiger partial charge < -0.3 is 26.2 Å². The van der Waals surface area contributed by atoms with E-state index in [0.717, 1.165) is 31.2 Å². The van der Waals surface area contributed by atoms with Crippen LogP contribution in [0.5, 0.6) is 0 Å². The summed E-state index contributed by atoms with van der Waals surface area (Å²) in [7, 11) is 1.69.